The number of carbonyl (C=O) groups excluding carboxylic acids is 2. The predicted octanol–water partition coefficient (Wildman–Crippen LogP) is 4.30. The van der Waals surface area contributed by atoms with Crippen LogP contribution in [0.4, 0.5) is 16.2 Å². The Morgan fingerprint density at radius 3 is 2.68 bits per heavy atom. The van der Waals surface area contributed by atoms with E-state index in [-0.39, 0.29) is 11.8 Å². The van der Waals surface area contributed by atoms with Crippen LogP contribution in [0.1, 0.15) is 45.9 Å². The van der Waals surface area contributed by atoms with Crippen molar-refractivity contribution in [2.45, 2.75) is 52.1 Å². The summed E-state index contributed by atoms with van der Waals surface area (Å²) >= 11 is 0. The van der Waals surface area contributed by atoms with Crippen molar-refractivity contribution in [1.29, 1.82) is 0 Å². The van der Waals surface area contributed by atoms with E-state index in [9.17, 15) is 9.59 Å². The first-order valence-corrected chi connectivity index (χ1v) is 9.22. The van der Waals surface area contributed by atoms with Crippen LogP contribution >= 0.6 is 0 Å². The van der Waals surface area contributed by atoms with Crippen LogP contribution in [-0.4, -0.2) is 27.8 Å². The van der Waals surface area contributed by atoms with Gasteiger partial charge in [0.2, 0.25) is 11.8 Å². The molecule has 148 valence electrons. The molecule has 1 aliphatic rings. The van der Waals surface area contributed by atoms with Gasteiger partial charge in [-0.15, -0.1) is 10.2 Å². The number of rotatable bonds is 1. The topological polar surface area (TPSA) is 106 Å². The van der Waals surface area contributed by atoms with Crippen molar-refractivity contribution in [3.63, 3.8) is 0 Å². The Balaban J connectivity index is 1.99. The SMILES string of the molecule is CC(C)(C)OC(=O)Nc1cccc2c1-c1nnc(o1)CCC=CCCC(=O)N2. The third kappa shape index (κ3) is 5.18. The lowest BCUT2D eigenvalue weighted by molar-refractivity contribution is -0.116. The van der Waals surface area contributed by atoms with E-state index in [0.29, 0.717) is 42.1 Å². The molecule has 2 N–H and O–H groups in total. The molecule has 0 saturated heterocycles. The molecule has 8 heteroatoms. The van der Waals surface area contributed by atoms with E-state index in [1.807, 2.05) is 12.2 Å². The number of amides is 2. The third-order valence-corrected chi connectivity index (χ3v) is 3.88. The Morgan fingerprint density at radius 2 is 1.93 bits per heavy atom. The van der Waals surface area contributed by atoms with Crippen molar-refractivity contribution in [3.8, 4) is 11.5 Å². The minimum absolute atomic E-state index is 0.140. The fourth-order valence-electron chi connectivity index (χ4n) is 2.73. The minimum atomic E-state index is -0.643. The van der Waals surface area contributed by atoms with Crippen LogP contribution in [-0.2, 0) is 16.0 Å². The maximum absolute atomic E-state index is 12.3. The molecule has 0 radical (unpaired) electrons. The van der Waals surface area contributed by atoms with Gasteiger partial charge in [0.1, 0.15) is 5.60 Å². The van der Waals surface area contributed by atoms with Crippen LogP contribution < -0.4 is 10.6 Å². The number of hydrogen-bond donors (Lipinski definition) is 2. The van der Waals surface area contributed by atoms with Crippen LogP contribution in [0.2, 0.25) is 0 Å². The molecule has 1 aromatic carbocycles. The van der Waals surface area contributed by atoms with E-state index in [4.69, 9.17) is 9.15 Å². The Kier molecular flexibility index (Phi) is 5.77. The molecular formula is C20H24N4O4. The zero-order chi connectivity index (χ0) is 20.1. The molecular weight excluding hydrogens is 360 g/mol. The largest absolute Gasteiger partial charge is 0.444 e. The highest BCUT2D eigenvalue weighted by Crippen LogP contribution is 2.35. The fraction of sp³-hybridized carbons (Fsp3) is 0.400. The number of nitrogens with one attached hydrogen (secondary N) is 2. The second-order valence-corrected chi connectivity index (χ2v) is 7.45. The van der Waals surface area contributed by atoms with Gasteiger partial charge in [-0.1, -0.05) is 18.2 Å². The number of nitrogens with zero attached hydrogens (tertiary/aromatic N) is 2. The Morgan fingerprint density at radius 1 is 1.18 bits per heavy atom. The average molecular weight is 384 g/mol. The maximum atomic E-state index is 12.3. The van der Waals surface area contributed by atoms with Crippen molar-refractivity contribution >= 4 is 23.4 Å². The standard InChI is InChI=1S/C20H24N4O4/c1-20(2,3)28-19(26)22-14-10-8-9-13-17(14)18-24-23-16(27-18)12-7-5-4-6-11-15(25)21-13/h4-5,8-10H,6-7,11-12H2,1-3H3,(H,21,25)(H,22,26). The van der Waals surface area contributed by atoms with Crippen molar-refractivity contribution in [2.24, 2.45) is 0 Å². The second kappa shape index (κ2) is 8.24. The van der Waals surface area contributed by atoms with Crippen molar-refractivity contribution in [2.75, 3.05) is 10.6 Å². The van der Waals surface area contributed by atoms with Gasteiger partial charge in [0, 0.05) is 12.8 Å². The molecule has 0 atom stereocenters. The highest BCUT2D eigenvalue weighted by atomic mass is 16.6. The van der Waals surface area contributed by atoms with Crippen LogP contribution in [0.3, 0.4) is 0 Å². The summed E-state index contributed by atoms with van der Waals surface area (Å²) in [5, 5.41) is 13.8. The predicted molar refractivity (Wildman–Crippen MR) is 105 cm³/mol. The maximum Gasteiger partial charge on any atom is 0.412 e. The molecule has 2 amide bonds. The summed E-state index contributed by atoms with van der Waals surface area (Å²) < 4.78 is 11.1. The number of aromatic nitrogens is 2. The molecule has 3 rings (SSSR count). The van der Waals surface area contributed by atoms with Crippen molar-refractivity contribution in [3.05, 3.63) is 36.2 Å². The molecule has 8 nitrogen and oxygen atoms in total. The van der Waals surface area contributed by atoms with Gasteiger partial charge in [-0.3, -0.25) is 10.1 Å². The zero-order valence-electron chi connectivity index (χ0n) is 16.2. The number of anilines is 2. The molecule has 0 unspecified atom stereocenters. The van der Waals surface area contributed by atoms with E-state index in [2.05, 4.69) is 20.8 Å². The molecule has 1 aliphatic heterocycles. The molecule has 0 saturated carbocycles. The minimum Gasteiger partial charge on any atom is -0.444 e. The number of allylic oxidation sites excluding steroid dienone is 2. The van der Waals surface area contributed by atoms with E-state index in [1.165, 1.54) is 0 Å². The Labute approximate surface area is 163 Å². The number of carbonyl (C=O) groups is 2. The van der Waals surface area contributed by atoms with Crippen molar-refractivity contribution in [1.82, 2.24) is 10.2 Å². The first-order valence-electron chi connectivity index (χ1n) is 9.22. The lowest BCUT2D eigenvalue weighted by Gasteiger charge is -2.20. The van der Waals surface area contributed by atoms with Gasteiger partial charge in [0.15, 0.2) is 0 Å². The van der Waals surface area contributed by atoms with Crippen molar-refractivity contribution < 1.29 is 18.7 Å². The quantitative estimate of drug-likeness (QED) is 0.710. The van der Waals surface area contributed by atoms with Gasteiger partial charge in [0.05, 0.1) is 16.9 Å². The van der Waals surface area contributed by atoms with Gasteiger partial charge in [-0.25, -0.2) is 4.79 Å². The number of aryl methyl sites for hydroxylation is 1. The van der Waals surface area contributed by atoms with Crippen LogP contribution in [0.15, 0.2) is 34.8 Å². The first-order chi connectivity index (χ1) is 13.3. The first kappa shape index (κ1) is 19.6. The summed E-state index contributed by atoms with van der Waals surface area (Å²) in [6, 6.07) is 5.15. The number of benzene rings is 1. The number of ether oxygens (including phenoxy) is 1. The second-order valence-electron chi connectivity index (χ2n) is 7.45. The summed E-state index contributed by atoms with van der Waals surface area (Å²) in [5.74, 6) is 0.572. The summed E-state index contributed by atoms with van der Waals surface area (Å²) in [6.07, 6.45) is 5.70. The Bertz CT molecular complexity index is 896. The molecule has 0 aliphatic carbocycles. The van der Waals surface area contributed by atoms with Gasteiger partial charge >= 0.3 is 6.09 Å². The normalized spacial score (nSPS) is 14.8. The highest BCUT2D eigenvalue weighted by Gasteiger charge is 2.22. The molecule has 2 aromatic rings. The lowest BCUT2D eigenvalue weighted by atomic mass is 10.1. The lowest BCUT2D eigenvalue weighted by Crippen LogP contribution is -2.27. The van der Waals surface area contributed by atoms with Crippen LogP contribution in [0.5, 0.6) is 0 Å². The fourth-order valence-corrected chi connectivity index (χ4v) is 2.73. The molecule has 2 bridgehead atoms. The molecule has 28 heavy (non-hydrogen) atoms. The van der Waals surface area contributed by atoms with E-state index in [0.717, 1.165) is 6.42 Å². The smallest absolute Gasteiger partial charge is 0.412 e. The van der Waals surface area contributed by atoms with E-state index in [1.54, 1.807) is 39.0 Å². The molecule has 2 heterocycles. The molecule has 0 spiro atoms. The summed E-state index contributed by atoms with van der Waals surface area (Å²) in [4.78, 5) is 24.6. The van der Waals surface area contributed by atoms with Gasteiger partial charge in [-0.05, 0) is 45.7 Å². The van der Waals surface area contributed by atoms with E-state index < -0.39 is 11.7 Å². The van der Waals surface area contributed by atoms with Gasteiger partial charge in [-0.2, -0.15) is 0 Å². The average Bonchev–Trinajstić information content (AvgIpc) is 3.04. The zero-order valence-corrected chi connectivity index (χ0v) is 16.2. The number of hydrogen-bond acceptors (Lipinski definition) is 6. The summed E-state index contributed by atoms with van der Waals surface area (Å²) in [6.45, 7) is 5.34. The Hall–Kier alpha value is -3.16. The van der Waals surface area contributed by atoms with Crippen LogP contribution in [0, 0.1) is 0 Å². The van der Waals surface area contributed by atoms with Gasteiger partial charge in [0.25, 0.3) is 5.89 Å². The monoisotopic (exact) mass is 384 g/mol. The number of fused-ring (bicyclic) bond motifs is 4. The van der Waals surface area contributed by atoms with Crippen LogP contribution in [0.25, 0.3) is 11.5 Å². The molecule has 1 aromatic heterocycles. The van der Waals surface area contributed by atoms with Gasteiger partial charge < -0.3 is 14.5 Å². The molecule has 0 fully saturated rings. The summed E-state index contributed by atoms with van der Waals surface area (Å²) in [7, 11) is 0. The highest BCUT2D eigenvalue weighted by molar-refractivity contribution is 6.00. The third-order valence-electron chi connectivity index (χ3n) is 3.88. The van der Waals surface area contributed by atoms with E-state index >= 15 is 0 Å². The summed E-state index contributed by atoms with van der Waals surface area (Å²) in [5.41, 5.74) is 0.704.